The van der Waals surface area contributed by atoms with Gasteiger partial charge in [0.15, 0.2) is 0 Å². The van der Waals surface area contributed by atoms with Gasteiger partial charge in [0.2, 0.25) is 12.1 Å². The quantitative estimate of drug-likeness (QED) is 0.615. The number of carbonyl (C=O) groups excluding carboxylic acids is 1. The molecule has 0 bridgehead atoms. The highest BCUT2D eigenvalue weighted by Crippen LogP contribution is 2.50. The van der Waals surface area contributed by atoms with Crippen molar-refractivity contribution in [3.05, 3.63) is 70.3 Å². The van der Waals surface area contributed by atoms with Crippen LogP contribution in [-0.4, -0.2) is 28.7 Å². The van der Waals surface area contributed by atoms with Gasteiger partial charge in [-0.1, -0.05) is 50.2 Å². The molecule has 0 fully saturated rings. The van der Waals surface area contributed by atoms with E-state index in [1.807, 2.05) is 32.0 Å². The van der Waals surface area contributed by atoms with Crippen LogP contribution in [0.1, 0.15) is 25.3 Å². The van der Waals surface area contributed by atoms with E-state index in [1.54, 1.807) is 36.4 Å². The van der Waals surface area contributed by atoms with Crippen LogP contribution in [0.4, 0.5) is 5.69 Å². The highest BCUT2D eigenvalue weighted by Gasteiger charge is 2.65. The number of para-hydroxylation sites is 2. The molecule has 0 N–H and O–H groups in total. The third-order valence-electron chi connectivity index (χ3n) is 5.03. The molecular weight excluding hydrogens is 346 g/mol. The summed E-state index contributed by atoms with van der Waals surface area (Å²) in [5.41, 5.74) is 0.308. The molecule has 0 aliphatic carbocycles. The van der Waals surface area contributed by atoms with Gasteiger partial charge in [0, 0.05) is 10.5 Å². The number of anilines is 1. The molecule has 2 aromatic rings. The third kappa shape index (κ3) is 2.50. The fourth-order valence-corrected chi connectivity index (χ4v) is 3.91. The maximum absolute atomic E-state index is 13.6. The molecule has 1 spiro atoms. The minimum Gasteiger partial charge on any atom is -0.470 e. The molecule has 138 valence electrons. The van der Waals surface area contributed by atoms with Gasteiger partial charge in [-0.2, -0.15) is 10.1 Å². The van der Waals surface area contributed by atoms with E-state index in [4.69, 9.17) is 4.74 Å². The summed E-state index contributed by atoms with van der Waals surface area (Å²) in [6, 6.07) is 16.2. The second-order valence-corrected chi connectivity index (χ2v) is 7.04. The Hall–Kier alpha value is -3.22. The molecule has 0 radical (unpaired) electrons. The summed E-state index contributed by atoms with van der Waals surface area (Å²) >= 11 is 0. The monoisotopic (exact) mass is 365 g/mol. The molecule has 1 amide bonds. The first-order valence-electron chi connectivity index (χ1n) is 8.83. The fraction of sp³-hybridized carbons (Fsp3) is 0.300. The first kappa shape index (κ1) is 17.2. The Morgan fingerprint density at radius 1 is 1.19 bits per heavy atom. The number of hydrogen-bond acceptors (Lipinski definition) is 5. The molecular formula is C20H19N3O4. The number of benzene rings is 2. The van der Waals surface area contributed by atoms with E-state index >= 15 is 0 Å². The number of ether oxygens (including phenoxy) is 1. The van der Waals surface area contributed by atoms with Crippen molar-refractivity contribution in [2.75, 3.05) is 11.6 Å². The topological polar surface area (TPSA) is 85.0 Å². The van der Waals surface area contributed by atoms with Crippen LogP contribution in [-0.2, 0) is 4.79 Å². The average Bonchev–Trinajstić information content (AvgIpc) is 3.12. The van der Waals surface area contributed by atoms with Crippen LogP contribution < -0.4 is 9.75 Å². The minimum atomic E-state index is -1.49. The van der Waals surface area contributed by atoms with Crippen LogP contribution in [0.5, 0.6) is 5.75 Å². The van der Waals surface area contributed by atoms with E-state index < -0.39 is 23.0 Å². The lowest BCUT2D eigenvalue weighted by molar-refractivity contribution is -0.484. The van der Waals surface area contributed by atoms with Gasteiger partial charge in [0.05, 0.1) is 11.4 Å². The second kappa shape index (κ2) is 6.19. The first-order chi connectivity index (χ1) is 12.9. The van der Waals surface area contributed by atoms with Crippen LogP contribution >= 0.6 is 0 Å². The van der Waals surface area contributed by atoms with Gasteiger partial charge < -0.3 is 4.74 Å². The molecule has 2 aliphatic heterocycles. The highest BCUT2D eigenvalue weighted by atomic mass is 16.6. The molecule has 27 heavy (non-hydrogen) atoms. The van der Waals surface area contributed by atoms with Crippen LogP contribution in [0.3, 0.4) is 0 Å². The van der Waals surface area contributed by atoms with Gasteiger partial charge in [-0.25, -0.2) is 0 Å². The number of nitrogens with zero attached hydrogens (tertiary/aromatic N) is 3. The number of rotatable bonds is 4. The fourth-order valence-electron chi connectivity index (χ4n) is 3.91. The van der Waals surface area contributed by atoms with E-state index in [0.29, 0.717) is 22.7 Å². The van der Waals surface area contributed by atoms with Crippen molar-refractivity contribution >= 4 is 17.3 Å². The molecule has 2 atom stereocenters. The molecule has 2 aromatic carbocycles. The lowest BCUT2D eigenvalue weighted by Gasteiger charge is -2.29. The maximum Gasteiger partial charge on any atom is 0.298 e. The SMILES string of the molecule is CC(C)C1=NN(c2ccccc2)C(=O)[C@]12Oc1ccccc1[C@H]2C[N+](=O)[O-]. The lowest BCUT2D eigenvalue weighted by Crippen LogP contribution is -2.55. The predicted octanol–water partition coefficient (Wildman–Crippen LogP) is 3.24. The van der Waals surface area contributed by atoms with Crippen LogP contribution in [0.15, 0.2) is 59.7 Å². The van der Waals surface area contributed by atoms with Crippen molar-refractivity contribution < 1.29 is 14.5 Å². The number of carbonyl (C=O) groups is 1. The number of amides is 1. The zero-order valence-corrected chi connectivity index (χ0v) is 15.0. The van der Waals surface area contributed by atoms with Crippen LogP contribution in [0, 0.1) is 16.0 Å². The molecule has 4 rings (SSSR count). The smallest absolute Gasteiger partial charge is 0.298 e. The standard InChI is InChI=1S/C20H19N3O4/c1-13(2)18-20(19(24)23(21-18)14-8-4-3-5-9-14)16(12-22(25)26)15-10-6-7-11-17(15)27-20/h3-11,13,16H,12H2,1-2H3/t16-,20-/m1/s1. The van der Waals surface area contributed by atoms with Gasteiger partial charge >= 0.3 is 0 Å². The predicted molar refractivity (Wildman–Crippen MR) is 101 cm³/mol. The Morgan fingerprint density at radius 2 is 1.85 bits per heavy atom. The molecule has 0 saturated heterocycles. The van der Waals surface area contributed by atoms with E-state index in [2.05, 4.69) is 5.10 Å². The van der Waals surface area contributed by atoms with E-state index in [1.165, 1.54) is 5.01 Å². The summed E-state index contributed by atoms with van der Waals surface area (Å²) in [6.45, 7) is 3.42. The van der Waals surface area contributed by atoms with Crippen molar-refractivity contribution in [1.29, 1.82) is 0 Å². The van der Waals surface area contributed by atoms with Crippen molar-refractivity contribution in [2.45, 2.75) is 25.4 Å². The normalized spacial score (nSPS) is 23.5. The largest absolute Gasteiger partial charge is 0.470 e. The van der Waals surface area contributed by atoms with Gasteiger partial charge in [-0.3, -0.25) is 14.9 Å². The third-order valence-corrected chi connectivity index (χ3v) is 5.03. The lowest BCUT2D eigenvalue weighted by atomic mass is 9.77. The van der Waals surface area contributed by atoms with E-state index in [-0.39, 0.29) is 11.8 Å². The summed E-state index contributed by atoms with van der Waals surface area (Å²) in [6.07, 6.45) is 0. The minimum absolute atomic E-state index is 0.119. The average molecular weight is 365 g/mol. The van der Waals surface area contributed by atoms with Gasteiger partial charge in [-0.15, -0.1) is 0 Å². The molecule has 0 unspecified atom stereocenters. The first-order valence-corrected chi connectivity index (χ1v) is 8.83. The summed E-state index contributed by atoms with van der Waals surface area (Å²) in [7, 11) is 0. The summed E-state index contributed by atoms with van der Waals surface area (Å²) in [5, 5.41) is 17.3. The van der Waals surface area contributed by atoms with Crippen molar-refractivity contribution in [3.63, 3.8) is 0 Å². The molecule has 7 nitrogen and oxygen atoms in total. The molecule has 0 aromatic heterocycles. The zero-order chi connectivity index (χ0) is 19.2. The highest BCUT2D eigenvalue weighted by molar-refractivity contribution is 6.24. The maximum atomic E-state index is 13.6. The number of nitro groups is 1. The Kier molecular flexibility index (Phi) is 3.95. The Labute approximate surface area is 156 Å². The molecule has 2 aliphatic rings. The summed E-state index contributed by atoms with van der Waals surface area (Å²) < 4.78 is 6.18. The molecule has 7 heteroatoms. The van der Waals surface area contributed by atoms with E-state index in [9.17, 15) is 14.9 Å². The van der Waals surface area contributed by atoms with Crippen LogP contribution in [0.2, 0.25) is 0 Å². The second-order valence-electron chi connectivity index (χ2n) is 7.04. The number of hydrogen-bond donors (Lipinski definition) is 0. The van der Waals surface area contributed by atoms with Gasteiger partial charge in [0.1, 0.15) is 11.7 Å². The molecule has 0 saturated carbocycles. The molecule has 2 heterocycles. The van der Waals surface area contributed by atoms with Gasteiger partial charge in [-0.05, 0) is 24.1 Å². The Morgan fingerprint density at radius 3 is 2.52 bits per heavy atom. The summed E-state index contributed by atoms with van der Waals surface area (Å²) in [4.78, 5) is 24.6. The van der Waals surface area contributed by atoms with Crippen molar-refractivity contribution in [1.82, 2.24) is 0 Å². The number of fused-ring (bicyclic) bond motifs is 1. The van der Waals surface area contributed by atoms with Crippen molar-refractivity contribution in [2.24, 2.45) is 11.0 Å². The van der Waals surface area contributed by atoms with Gasteiger partial charge in [0.25, 0.3) is 5.91 Å². The Balaban J connectivity index is 1.88. The summed E-state index contributed by atoms with van der Waals surface area (Å²) in [5.74, 6) is -0.737. The number of hydrazone groups is 1. The van der Waals surface area contributed by atoms with E-state index in [0.717, 1.165) is 0 Å². The van der Waals surface area contributed by atoms with Crippen LogP contribution in [0.25, 0.3) is 0 Å². The van der Waals surface area contributed by atoms with Crippen molar-refractivity contribution in [3.8, 4) is 5.75 Å². The Bertz CT molecular complexity index is 941. The zero-order valence-electron chi connectivity index (χ0n) is 15.0.